The highest BCUT2D eigenvalue weighted by Gasteiger charge is 2.33. The van der Waals surface area contributed by atoms with E-state index in [0.717, 1.165) is 6.08 Å². The van der Waals surface area contributed by atoms with E-state index in [1.165, 1.54) is 0 Å². The molecule has 0 radical (unpaired) electrons. The number of hydrogen-bond donors (Lipinski definition) is 1. The molecule has 1 atom stereocenters. The van der Waals surface area contributed by atoms with Crippen molar-refractivity contribution < 1.29 is 23.1 Å². The van der Waals surface area contributed by atoms with Gasteiger partial charge in [-0.05, 0) is 18.3 Å². The number of hydrogen-bond acceptors (Lipinski definition) is 2. The molecule has 2 nitrogen and oxygen atoms in total. The molecule has 5 heteroatoms. The van der Waals surface area contributed by atoms with Crippen LogP contribution in [0, 0.1) is 23.7 Å². The molecule has 0 aromatic rings. The van der Waals surface area contributed by atoms with Crippen LogP contribution in [0.3, 0.4) is 0 Å². The van der Waals surface area contributed by atoms with Crippen molar-refractivity contribution in [1.29, 1.82) is 0 Å². The number of rotatable bonds is 7. The van der Waals surface area contributed by atoms with Crippen LogP contribution in [0.4, 0.5) is 13.2 Å². The van der Waals surface area contributed by atoms with Gasteiger partial charge in [-0.2, -0.15) is 13.2 Å². The molecule has 118 valence electrons. The van der Waals surface area contributed by atoms with Gasteiger partial charge in [0.1, 0.15) is 0 Å². The largest absolute Gasteiger partial charge is 0.512 e. The zero-order chi connectivity index (χ0) is 16.1. The van der Waals surface area contributed by atoms with Crippen molar-refractivity contribution >= 4 is 5.78 Å². The standard InChI is InChI=1S/C15H25F3O2/c1-6-11(8-15(16,17)18)12(19)7-13(20)14(9(2)3)10(4)5/h7,9-11,14,19H,6,8H2,1-5H3. The molecule has 0 saturated carbocycles. The minimum atomic E-state index is -4.35. The summed E-state index contributed by atoms with van der Waals surface area (Å²) in [5, 5.41) is 9.80. The van der Waals surface area contributed by atoms with Crippen LogP contribution in [-0.2, 0) is 4.79 Å². The Labute approximate surface area is 119 Å². The van der Waals surface area contributed by atoms with E-state index in [4.69, 9.17) is 0 Å². The number of alkyl halides is 3. The Morgan fingerprint density at radius 2 is 1.60 bits per heavy atom. The first kappa shape index (κ1) is 19.0. The summed E-state index contributed by atoms with van der Waals surface area (Å²) in [6.45, 7) is 9.12. The summed E-state index contributed by atoms with van der Waals surface area (Å²) in [6, 6.07) is 0. The van der Waals surface area contributed by atoms with Crippen LogP contribution in [0.1, 0.15) is 47.5 Å². The van der Waals surface area contributed by atoms with Gasteiger partial charge in [0, 0.05) is 17.9 Å². The van der Waals surface area contributed by atoms with E-state index in [1.54, 1.807) is 6.92 Å². The zero-order valence-corrected chi connectivity index (χ0v) is 12.8. The molecule has 0 aliphatic heterocycles. The van der Waals surface area contributed by atoms with Gasteiger partial charge in [-0.25, -0.2) is 0 Å². The summed E-state index contributed by atoms with van der Waals surface area (Å²) in [5.41, 5.74) is 0. The highest BCUT2D eigenvalue weighted by Crippen LogP contribution is 2.31. The number of aliphatic hydroxyl groups excluding tert-OH is 1. The topological polar surface area (TPSA) is 37.3 Å². The van der Waals surface area contributed by atoms with Gasteiger partial charge in [-0.15, -0.1) is 0 Å². The third-order valence-corrected chi connectivity index (χ3v) is 3.44. The highest BCUT2D eigenvalue weighted by atomic mass is 19.4. The third kappa shape index (κ3) is 6.44. The van der Waals surface area contributed by atoms with Crippen LogP contribution in [0.5, 0.6) is 0 Å². The van der Waals surface area contributed by atoms with Crippen molar-refractivity contribution in [2.75, 3.05) is 0 Å². The number of carbonyl (C=O) groups excluding carboxylic acids is 1. The Balaban J connectivity index is 5.04. The highest BCUT2D eigenvalue weighted by molar-refractivity contribution is 5.92. The fraction of sp³-hybridized carbons (Fsp3) is 0.800. The summed E-state index contributed by atoms with van der Waals surface area (Å²) in [7, 11) is 0. The lowest BCUT2D eigenvalue weighted by Gasteiger charge is -2.23. The molecule has 0 fully saturated rings. The van der Waals surface area contributed by atoms with E-state index in [-0.39, 0.29) is 30.0 Å². The molecule has 20 heavy (non-hydrogen) atoms. The predicted octanol–water partition coefficient (Wildman–Crippen LogP) is 4.90. The van der Waals surface area contributed by atoms with Gasteiger partial charge in [0.25, 0.3) is 0 Å². The van der Waals surface area contributed by atoms with Crippen molar-refractivity contribution in [1.82, 2.24) is 0 Å². The summed E-state index contributed by atoms with van der Waals surface area (Å²) >= 11 is 0. The molecule has 0 amide bonds. The van der Waals surface area contributed by atoms with Crippen molar-refractivity contribution in [2.45, 2.75) is 53.6 Å². The molecule has 0 rings (SSSR count). The predicted molar refractivity (Wildman–Crippen MR) is 73.3 cm³/mol. The lowest BCUT2D eigenvalue weighted by Crippen LogP contribution is -2.25. The van der Waals surface area contributed by atoms with Crippen molar-refractivity contribution in [3.8, 4) is 0 Å². The molecule has 0 saturated heterocycles. The van der Waals surface area contributed by atoms with Crippen LogP contribution in [0.2, 0.25) is 0 Å². The molecule has 0 aromatic heterocycles. The molecule has 0 aliphatic carbocycles. The Hall–Kier alpha value is -1.00. The average molecular weight is 294 g/mol. The lowest BCUT2D eigenvalue weighted by atomic mass is 9.81. The van der Waals surface area contributed by atoms with Gasteiger partial charge >= 0.3 is 6.18 Å². The molecule has 1 N–H and O–H groups in total. The first-order valence-corrected chi connectivity index (χ1v) is 7.00. The summed E-state index contributed by atoms with van der Waals surface area (Å²) in [5.74, 6) is -1.93. The van der Waals surface area contributed by atoms with Gasteiger partial charge in [-0.3, -0.25) is 4.79 Å². The minimum Gasteiger partial charge on any atom is -0.512 e. The zero-order valence-electron chi connectivity index (χ0n) is 12.8. The second-order valence-corrected chi connectivity index (χ2v) is 5.91. The van der Waals surface area contributed by atoms with Crippen molar-refractivity contribution in [3.63, 3.8) is 0 Å². The maximum absolute atomic E-state index is 12.4. The molecule has 0 heterocycles. The molecular weight excluding hydrogens is 269 g/mol. The van der Waals surface area contributed by atoms with Gasteiger partial charge in [0.2, 0.25) is 0 Å². The van der Waals surface area contributed by atoms with Crippen LogP contribution in [0.15, 0.2) is 11.8 Å². The maximum Gasteiger partial charge on any atom is 0.389 e. The normalized spacial score (nSPS) is 15.2. The van der Waals surface area contributed by atoms with Gasteiger partial charge in [0.15, 0.2) is 5.78 Å². The fourth-order valence-electron chi connectivity index (χ4n) is 2.52. The van der Waals surface area contributed by atoms with E-state index >= 15 is 0 Å². The number of aliphatic hydroxyl groups is 1. The van der Waals surface area contributed by atoms with Crippen molar-refractivity contribution in [3.05, 3.63) is 11.8 Å². The Bertz CT molecular complexity index is 336. The molecular formula is C15H25F3O2. The summed E-state index contributed by atoms with van der Waals surface area (Å²) in [4.78, 5) is 12.1. The average Bonchev–Trinajstić information content (AvgIpc) is 2.22. The second-order valence-electron chi connectivity index (χ2n) is 5.91. The maximum atomic E-state index is 12.4. The molecule has 0 aromatic carbocycles. The van der Waals surface area contributed by atoms with Gasteiger partial charge in [0.05, 0.1) is 12.2 Å². The van der Waals surface area contributed by atoms with Gasteiger partial charge in [-0.1, -0.05) is 34.6 Å². The number of halogens is 3. The number of carbonyl (C=O) groups is 1. The first-order chi connectivity index (χ1) is 8.99. The Morgan fingerprint density at radius 1 is 1.15 bits per heavy atom. The molecule has 1 unspecified atom stereocenters. The summed E-state index contributed by atoms with van der Waals surface area (Å²) in [6.07, 6.45) is -4.32. The number of ketones is 1. The quantitative estimate of drug-likeness (QED) is 0.535. The van der Waals surface area contributed by atoms with Crippen LogP contribution >= 0.6 is 0 Å². The van der Waals surface area contributed by atoms with E-state index in [9.17, 15) is 23.1 Å². The third-order valence-electron chi connectivity index (χ3n) is 3.44. The monoisotopic (exact) mass is 294 g/mol. The SMILES string of the molecule is CCC(CC(F)(F)F)C(O)=CC(=O)C(C(C)C)C(C)C. The van der Waals surface area contributed by atoms with E-state index in [0.29, 0.717) is 0 Å². The van der Waals surface area contributed by atoms with Crippen LogP contribution < -0.4 is 0 Å². The van der Waals surface area contributed by atoms with Crippen molar-refractivity contribution in [2.24, 2.45) is 23.7 Å². The molecule has 0 aliphatic rings. The Kier molecular flexibility index (Phi) is 7.31. The van der Waals surface area contributed by atoms with Crippen LogP contribution in [0.25, 0.3) is 0 Å². The van der Waals surface area contributed by atoms with Gasteiger partial charge < -0.3 is 5.11 Å². The second kappa shape index (κ2) is 7.70. The fourth-order valence-corrected chi connectivity index (χ4v) is 2.52. The minimum absolute atomic E-state index is 0.0780. The molecule has 0 spiro atoms. The Morgan fingerprint density at radius 3 is 1.90 bits per heavy atom. The smallest absolute Gasteiger partial charge is 0.389 e. The van der Waals surface area contributed by atoms with Crippen LogP contribution in [-0.4, -0.2) is 17.1 Å². The lowest BCUT2D eigenvalue weighted by molar-refractivity contribution is -0.144. The first-order valence-electron chi connectivity index (χ1n) is 7.00. The van der Waals surface area contributed by atoms with E-state index in [1.807, 2.05) is 27.7 Å². The molecule has 0 bridgehead atoms. The summed E-state index contributed by atoms with van der Waals surface area (Å²) < 4.78 is 37.1. The van der Waals surface area contributed by atoms with E-state index < -0.39 is 24.3 Å². The van der Waals surface area contributed by atoms with E-state index in [2.05, 4.69) is 0 Å². The number of allylic oxidation sites excluding steroid dienone is 2.